The summed E-state index contributed by atoms with van der Waals surface area (Å²) in [6.07, 6.45) is 10.6. The Morgan fingerprint density at radius 3 is 2.29 bits per heavy atom. The molecule has 4 fully saturated rings. The fourth-order valence-electron chi connectivity index (χ4n) is 8.48. The fourth-order valence-corrected chi connectivity index (χ4v) is 8.48. The van der Waals surface area contributed by atoms with E-state index >= 15 is 0 Å². The summed E-state index contributed by atoms with van der Waals surface area (Å²) in [6.45, 7) is 12.6. The van der Waals surface area contributed by atoms with Crippen LogP contribution in [-0.4, -0.2) is 11.2 Å². The van der Waals surface area contributed by atoms with Gasteiger partial charge in [0.25, 0.3) is 0 Å². The Labute approximate surface area is 130 Å². The van der Waals surface area contributed by atoms with E-state index in [1.165, 1.54) is 44.9 Å². The molecule has 0 amide bonds. The highest BCUT2D eigenvalue weighted by atomic mass is 16.3. The Kier molecular flexibility index (Phi) is 2.57. The molecule has 0 unspecified atom stereocenters. The minimum atomic E-state index is -0.0498. The molecule has 120 valence electrons. The number of aliphatic hydroxyl groups is 1. The molecular formula is C20H34O. The van der Waals surface area contributed by atoms with E-state index in [1.807, 2.05) is 0 Å². The van der Waals surface area contributed by atoms with Crippen LogP contribution in [0, 0.1) is 33.0 Å². The molecule has 0 radical (unpaired) electrons. The molecule has 0 saturated heterocycles. The summed E-state index contributed by atoms with van der Waals surface area (Å²) in [7, 11) is 0. The molecule has 4 rings (SSSR count). The van der Waals surface area contributed by atoms with Gasteiger partial charge in [0.2, 0.25) is 0 Å². The third-order valence-corrected chi connectivity index (χ3v) is 9.31. The zero-order valence-corrected chi connectivity index (χ0v) is 14.8. The van der Waals surface area contributed by atoms with Crippen molar-refractivity contribution in [1.29, 1.82) is 0 Å². The lowest BCUT2D eigenvalue weighted by molar-refractivity contribution is -0.194. The summed E-state index contributed by atoms with van der Waals surface area (Å²) in [5.74, 6) is 0.861. The lowest BCUT2D eigenvalue weighted by Crippen LogP contribution is -2.60. The van der Waals surface area contributed by atoms with Gasteiger partial charge in [0.15, 0.2) is 0 Å². The van der Waals surface area contributed by atoms with Crippen molar-refractivity contribution in [2.75, 3.05) is 0 Å². The van der Waals surface area contributed by atoms with Crippen molar-refractivity contribution in [2.24, 2.45) is 33.0 Å². The number of fused-ring (bicyclic) bond motifs is 2. The summed E-state index contributed by atoms with van der Waals surface area (Å²) in [5, 5.41) is 10.8. The van der Waals surface area contributed by atoms with Crippen LogP contribution >= 0.6 is 0 Å². The van der Waals surface area contributed by atoms with Crippen molar-refractivity contribution in [3.8, 4) is 0 Å². The largest absolute Gasteiger partial charge is 0.393 e. The molecule has 4 saturated carbocycles. The van der Waals surface area contributed by atoms with Crippen LogP contribution in [0.3, 0.4) is 0 Å². The minimum Gasteiger partial charge on any atom is -0.393 e. The Hall–Kier alpha value is -0.0400. The highest BCUT2D eigenvalue weighted by Gasteiger charge is 2.76. The van der Waals surface area contributed by atoms with E-state index in [0.29, 0.717) is 21.7 Å². The maximum Gasteiger partial charge on any atom is 0.0599 e. The Balaban J connectivity index is 1.86. The van der Waals surface area contributed by atoms with Gasteiger partial charge >= 0.3 is 0 Å². The van der Waals surface area contributed by atoms with Crippen molar-refractivity contribution in [3.63, 3.8) is 0 Å². The van der Waals surface area contributed by atoms with E-state index in [4.69, 9.17) is 0 Å². The summed E-state index contributed by atoms with van der Waals surface area (Å²) in [4.78, 5) is 0. The molecule has 0 aromatic heterocycles. The average molecular weight is 290 g/mol. The van der Waals surface area contributed by atoms with Crippen LogP contribution in [0.1, 0.15) is 86.0 Å². The molecule has 1 spiro atoms. The zero-order chi connectivity index (χ0) is 15.3. The van der Waals surface area contributed by atoms with Crippen LogP contribution in [0.2, 0.25) is 0 Å². The molecule has 0 aromatic rings. The molecule has 1 N–H and O–H groups in total. The zero-order valence-electron chi connectivity index (χ0n) is 14.8. The maximum absolute atomic E-state index is 10.8. The molecule has 1 heteroatoms. The van der Waals surface area contributed by atoms with Gasteiger partial charge in [-0.25, -0.2) is 0 Å². The SMILES string of the molecule is CC1(C)CCC[C@@]2(C)[C@H]1CC[C@@]1(C)C[C@@]3(C)C[C@@]12C[C@@H]3O. The van der Waals surface area contributed by atoms with Crippen LogP contribution in [-0.2, 0) is 0 Å². The van der Waals surface area contributed by atoms with Crippen molar-refractivity contribution >= 4 is 0 Å². The first-order valence-electron chi connectivity index (χ1n) is 9.27. The minimum absolute atomic E-state index is 0.0498. The Bertz CT molecular complexity index is 482. The second kappa shape index (κ2) is 3.71. The fraction of sp³-hybridized carbons (Fsp3) is 1.00. The lowest BCUT2D eigenvalue weighted by Gasteiger charge is -2.67. The molecule has 0 heterocycles. The lowest BCUT2D eigenvalue weighted by atomic mass is 9.37. The number of rotatable bonds is 0. The van der Waals surface area contributed by atoms with E-state index in [2.05, 4.69) is 34.6 Å². The van der Waals surface area contributed by atoms with E-state index in [-0.39, 0.29) is 11.5 Å². The van der Waals surface area contributed by atoms with Crippen molar-refractivity contribution < 1.29 is 5.11 Å². The summed E-state index contributed by atoms with van der Waals surface area (Å²) in [5.41, 5.74) is 2.05. The normalized spacial score (nSPS) is 61.4. The van der Waals surface area contributed by atoms with Crippen molar-refractivity contribution in [1.82, 2.24) is 0 Å². The van der Waals surface area contributed by atoms with Crippen LogP contribution in [0.25, 0.3) is 0 Å². The first kappa shape index (κ1) is 14.5. The van der Waals surface area contributed by atoms with Crippen LogP contribution in [0.4, 0.5) is 0 Å². The van der Waals surface area contributed by atoms with Gasteiger partial charge in [-0.05, 0) is 77.9 Å². The predicted octanol–water partition coefficient (Wildman–Crippen LogP) is 5.17. The van der Waals surface area contributed by atoms with Crippen LogP contribution in [0.15, 0.2) is 0 Å². The number of aliphatic hydroxyl groups excluding tert-OH is 1. The van der Waals surface area contributed by atoms with Gasteiger partial charge < -0.3 is 5.11 Å². The smallest absolute Gasteiger partial charge is 0.0599 e. The Morgan fingerprint density at radius 2 is 1.62 bits per heavy atom. The third-order valence-electron chi connectivity index (χ3n) is 9.31. The second-order valence-electron chi connectivity index (χ2n) is 10.7. The van der Waals surface area contributed by atoms with E-state index < -0.39 is 0 Å². The van der Waals surface area contributed by atoms with E-state index in [0.717, 1.165) is 12.3 Å². The first-order valence-corrected chi connectivity index (χ1v) is 9.27. The molecule has 21 heavy (non-hydrogen) atoms. The summed E-state index contributed by atoms with van der Waals surface area (Å²) >= 11 is 0. The maximum atomic E-state index is 10.8. The predicted molar refractivity (Wildman–Crippen MR) is 87.0 cm³/mol. The van der Waals surface area contributed by atoms with Gasteiger partial charge in [0.05, 0.1) is 6.10 Å². The van der Waals surface area contributed by atoms with Crippen LogP contribution < -0.4 is 0 Å². The Morgan fingerprint density at radius 1 is 0.905 bits per heavy atom. The highest BCUT2D eigenvalue weighted by Crippen LogP contribution is 2.82. The number of hydrogen-bond donors (Lipinski definition) is 1. The topological polar surface area (TPSA) is 20.2 Å². The van der Waals surface area contributed by atoms with E-state index in [1.54, 1.807) is 0 Å². The molecule has 4 aliphatic carbocycles. The quantitative estimate of drug-likeness (QED) is 0.652. The van der Waals surface area contributed by atoms with Crippen molar-refractivity contribution in [3.05, 3.63) is 0 Å². The molecule has 4 aliphatic rings. The molecule has 1 nitrogen and oxygen atoms in total. The summed E-state index contributed by atoms with van der Waals surface area (Å²) < 4.78 is 0. The van der Waals surface area contributed by atoms with E-state index in [9.17, 15) is 5.11 Å². The number of hydrogen-bond acceptors (Lipinski definition) is 1. The van der Waals surface area contributed by atoms with Gasteiger partial charge in [0.1, 0.15) is 0 Å². The molecule has 6 atom stereocenters. The molecular weight excluding hydrogens is 256 g/mol. The standard InChI is InChI=1S/C20H34O/c1-16(2)8-6-9-19(5)14(16)7-10-18(4)12-17(3)13-20(18,19)11-15(17)21/h14-15,21H,6-13H2,1-5H3/t14-,15-,17-,18-,19-,20-/m0/s1. The third kappa shape index (κ3) is 1.44. The first-order chi connectivity index (χ1) is 9.59. The highest BCUT2D eigenvalue weighted by molar-refractivity contribution is 5.25. The second-order valence-corrected chi connectivity index (χ2v) is 10.7. The van der Waals surface area contributed by atoms with Gasteiger partial charge in [-0.2, -0.15) is 0 Å². The van der Waals surface area contributed by atoms with Gasteiger partial charge in [-0.3, -0.25) is 0 Å². The average Bonchev–Trinajstić information content (AvgIpc) is 2.73. The summed E-state index contributed by atoms with van der Waals surface area (Å²) in [6, 6.07) is 0. The monoisotopic (exact) mass is 290 g/mol. The van der Waals surface area contributed by atoms with Gasteiger partial charge in [-0.15, -0.1) is 0 Å². The van der Waals surface area contributed by atoms with Crippen LogP contribution in [0.5, 0.6) is 0 Å². The van der Waals surface area contributed by atoms with Gasteiger partial charge in [0, 0.05) is 0 Å². The van der Waals surface area contributed by atoms with Gasteiger partial charge in [-0.1, -0.05) is 41.0 Å². The van der Waals surface area contributed by atoms with Crippen molar-refractivity contribution in [2.45, 2.75) is 92.1 Å². The molecule has 0 aromatic carbocycles. The molecule has 0 aliphatic heterocycles. The molecule has 2 bridgehead atoms.